The molecule has 0 radical (unpaired) electrons. The van der Waals surface area contributed by atoms with Crippen LogP contribution >= 0.6 is 0 Å². The van der Waals surface area contributed by atoms with Gasteiger partial charge in [-0.1, -0.05) is 6.08 Å². The van der Waals surface area contributed by atoms with Crippen LogP contribution in [0.1, 0.15) is 6.42 Å². The number of carbonyl (C=O) groups excluding carboxylic acids is 1. The number of esters is 1. The van der Waals surface area contributed by atoms with E-state index in [-0.39, 0.29) is 24.1 Å². The average Bonchev–Trinajstić information content (AvgIpc) is 2.27. The highest BCUT2D eigenvalue weighted by molar-refractivity contribution is 5.89. The molecule has 0 aromatic heterocycles. The fraction of sp³-hybridized carbons (Fsp3) is 0.545. The zero-order chi connectivity index (χ0) is 10.8. The van der Waals surface area contributed by atoms with Crippen molar-refractivity contribution < 1.29 is 19.0 Å². The molecule has 2 rings (SSSR count). The number of rotatable bonds is 2. The van der Waals surface area contributed by atoms with Gasteiger partial charge < -0.3 is 14.2 Å². The Labute approximate surface area is 88.5 Å². The van der Waals surface area contributed by atoms with Gasteiger partial charge in [-0.25, -0.2) is 4.79 Å². The van der Waals surface area contributed by atoms with Crippen molar-refractivity contribution in [1.29, 1.82) is 0 Å². The molecule has 0 aromatic carbocycles. The van der Waals surface area contributed by atoms with Crippen molar-refractivity contribution in [2.75, 3.05) is 13.7 Å². The summed E-state index contributed by atoms with van der Waals surface area (Å²) in [5.41, 5.74) is 0.585. The van der Waals surface area contributed by atoms with Gasteiger partial charge in [0.25, 0.3) is 0 Å². The van der Waals surface area contributed by atoms with Crippen molar-refractivity contribution in [2.45, 2.75) is 12.7 Å². The molecule has 0 saturated carbocycles. The molecule has 3 atom stereocenters. The van der Waals surface area contributed by atoms with E-state index in [9.17, 15) is 4.79 Å². The first kappa shape index (κ1) is 10.2. The van der Waals surface area contributed by atoms with Gasteiger partial charge in [-0.2, -0.15) is 0 Å². The number of hydrogen-bond donors (Lipinski definition) is 0. The maximum absolute atomic E-state index is 11.5. The van der Waals surface area contributed by atoms with E-state index in [4.69, 9.17) is 14.2 Å². The topological polar surface area (TPSA) is 44.8 Å². The van der Waals surface area contributed by atoms with Crippen LogP contribution in [0.2, 0.25) is 0 Å². The molecule has 82 valence electrons. The number of carbonyl (C=O) groups is 1. The van der Waals surface area contributed by atoms with Crippen LogP contribution in [-0.4, -0.2) is 26.0 Å². The Morgan fingerprint density at radius 2 is 2.53 bits per heavy atom. The Morgan fingerprint density at radius 1 is 1.73 bits per heavy atom. The minimum Gasteiger partial charge on any atom is -0.471 e. The SMILES string of the molecule is C=CC1C2OC=C(C(=O)OC)C1CCO2. The third-order valence-corrected chi connectivity index (χ3v) is 2.91. The molecule has 2 bridgehead atoms. The normalized spacial score (nSPS) is 33.7. The molecule has 3 unspecified atom stereocenters. The van der Waals surface area contributed by atoms with Crippen molar-refractivity contribution in [1.82, 2.24) is 0 Å². The lowest BCUT2D eigenvalue weighted by molar-refractivity contribution is -0.179. The summed E-state index contributed by atoms with van der Waals surface area (Å²) in [6, 6.07) is 0. The Hall–Kier alpha value is -1.29. The van der Waals surface area contributed by atoms with Crippen LogP contribution in [0.15, 0.2) is 24.5 Å². The monoisotopic (exact) mass is 210 g/mol. The Kier molecular flexibility index (Phi) is 2.77. The van der Waals surface area contributed by atoms with Gasteiger partial charge in [0.2, 0.25) is 6.29 Å². The lowest BCUT2D eigenvalue weighted by atomic mass is 9.80. The summed E-state index contributed by atoms with van der Waals surface area (Å²) in [6.45, 7) is 4.35. The number of hydrogen-bond acceptors (Lipinski definition) is 4. The molecule has 2 aliphatic rings. The van der Waals surface area contributed by atoms with E-state index in [1.807, 2.05) is 0 Å². The second-order valence-corrected chi connectivity index (χ2v) is 3.65. The van der Waals surface area contributed by atoms with Crippen LogP contribution in [0.4, 0.5) is 0 Å². The highest BCUT2D eigenvalue weighted by Crippen LogP contribution is 2.38. The summed E-state index contributed by atoms with van der Waals surface area (Å²) in [7, 11) is 1.37. The number of methoxy groups -OCH3 is 1. The van der Waals surface area contributed by atoms with Gasteiger partial charge >= 0.3 is 5.97 Å². The van der Waals surface area contributed by atoms with Crippen LogP contribution in [0.5, 0.6) is 0 Å². The minimum atomic E-state index is -0.327. The van der Waals surface area contributed by atoms with Gasteiger partial charge in [0, 0.05) is 11.8 Å². The number of fused-ring (bicyclic) bond motifs is 2. The molecule has 4 heteroatoms. The summed E-state index contributed by atoms with van der Waals surface area (Å²) in [4.78, 5) is 11.5. The van der Waals surface area contributed by atoms with E-state index in [2.05, 4.69) is 6.58 Å². The predicted molar refractivity (Wildman–Crippen MR) is 52.7 cm³/mol. The summed E-state index contributed by atoms with van der Waals surface area (Å²) in [6.07, 6.45) is 3.75. The van der Waals surface area contributed by atoms with Crippen molar-refractivity contribution in [2.24, 2.45) is 11.8 Å². The highest BCUT2D eigenvalue weighted by Gasteiger charge is 2.41. The van der Waals surface area contributed by atoms with Crippen LogP contribution in [0, 0.1) is 11.8 Å². The van der Waals surface area contributed by atoms with E-state index >= 15 is 0 Å². The minimum absolute atomic E-state index is 0.0397. The fourth-order valence-corrected chi connectivity index (χ4v) is 2.12. The lowest BCUT2D eigenvalue weighted by Crippen LogP contribution is -2.41. The zero-order valence-electron chi connectivity index (χ0n) is 8.64. The average molecular weight is 210 g/mol. The maximum Gasteiger partial charge on any atom is 0.337 e. The Balaban J connectivity index is 2.26. The third kappa shape index (κ3) is 1.65. The molecular formula is C11H14O4. The Morgan fingerprint density at radius 3 is 3.20 bits per heavy atom. The lowest BCUT2D eigenvalue weighted by Gasteiger charge is -2.39. The van der Waals surface area contributed by atoms with E-state index < -0.39 is 0 Å². The molecule has 2 heterocycles. The molecule has 0 spiro atoms. The van der Waals surface area contributed by atoms with E-state index in [0.29, 0.717) is 12.2 Å². The first-order valence-electron chi connectivity index (χ1n) is 4.96. The summed E-state index contributed by atoms with van der Waals surface area (Å²) in [5, 5.41) is 0. The van der Waals surface area contributed by atoms with Gasteiger partial charge in [-0.05, 0) is 6.42 Å². The fourth-order valence-electron chi connectivity index (χ4n) is 2.12. The van der Waals surface area contributed by atoms with Gasteiger partial charge in [-0.3, -0.25) is 0 Å². The molecular weight excluding hydrogens is 196 g/mol. The van der Waals surface area contributed by atoms with E-state index in [1.165, 1.54) is 13.4 Å². The van der Waals surface area contributed by atoms with Crippen LogP contribution in [0.3, 0.4) is 0 Å². The van der Waals surface area contributed by atoms with Crippen LogP contribution in [-0.2, 0) is 19.0 Å². The summed E-state index contributed by atoms with van der Waals surface area (Å²) in [5.74, 6) is -0.174. The second-order valence-electron chi connectivity index (χ2n) is 3.65. The third-order valence-electron chi connectivity index (χ3n) is 2.91. The van der Waals surface area contributed by atoms with Crippen molar-refractivity contribution in [3.8, 4) is 0 Å². The van der Waals surface area contributed by atoms with Gasteiger partial charge in [0.05, 0.1) is 25.6 Å². The van der Waals surface area contributed by atoms with Gasteiger partial charge in [0.15, 0.2) is 0 Å². The molecule has 1 fully saturated rings. The molecule has 1 saturated heterocycles. The van der Waals surface area contributed by atoms with Crippen LogP contribution < -0.4 is 0 Å². The highest BCUT2D eigenvalue weighted by atomic mass is 16.7. The zero-order valence-corrected chi connectivity index (χ0v) is 8.64. The van der Waals surface area contributed by atoms with Crippen molar-refractivity contribution in [3.63, 3.8) is 0 Å². The molecule has 0 aromatic rings. The first-order chi connectivity index (χ1) is 7.27. The molecule has 0 N–H and O–H groups in total. The maximum atomic E-state index is 11.5. The largest absolute Gasteiger partial charge is 0.471 e. The molecule has 0 aliphatic carbocycles. The van der Waals surface area contributed by atoms with E-state index in [1.54, 1.807) is 6.08 Å². The van der Waals surface area contributed by atoms with Gasteiger partial charge in [0.1, 0.15) is 0 Å². The second kappa shape index (κ2) is 4.06. The number of ether oxygens (including phenoxy) is 3. The standard InChI is InChI=1S/C11H14O4/c1-3-7-8-4-5-14-11(7)15-6-9(8)10(12)13-2/h3,6-8,11H,1,4-5H2,2H3. The van der Waals surface area contributed by atoms with Crippen molar-refractivity contribution in [3.05, 3.63) is 24.5 Å². The summed E-state index contributed by atoms with van der Waals surface area (Å²) < 4.78 is 15.5. The first-order valence-corrected chi connectivity index (χ1v) is 4.96. The molecule has 15 heavy (non-hydrogen) atoms. The summed E-state index contributed by atoms with van der Waals surface area (Å²) >= 11 is 0. The molecule has 0 amide bonds. The predicted octanol–water partition coefficient (Wildman–Crippen LogP) is 1.24. The van der Waals surface area contributed by atoms with Crippen molar-refractivity contribution >= 4 is 5.97 Å². The quantitative estimate of drug-likeness (QED) is 0.508. The van der Waals surface area contributed by atoms with Crippen LogP contribution in [0.25, 0.3) is 0 Å². The Bertz CT molecular complexity index is 308. The molecule has 2 aliphatic heterocycles. The smallest absolute Gasteiger partial charge is 0.337 e. The molecule has 4 nitrogen and oxygen atoms in total. The van der Waals surface area contributed by atoms with E-state index in [0.717, 1.165) is 6.42 Å². The van der Waals surface area contributed by atoms with Gasteiger partial charge in [-0.15, -0.1) is 6.58 Å².